The first-order valence-electron chi connectivity index (χ1n) is 8.79. The summed E-state index contributed by atoms with van der Waals surface area (Å²) in [7, 11) is 0. The molecule has 1 saturated heterocycles. The van der Waals surface area contributed by atoms with Crippen molar-refractivity contribution >= 4 is 17.5 Å². The smallest absolute Gasteiger partial charge is 0.259 e. The Labute approximate surface area is 161 Å². The third-order valence-electron chi connectivity index (χ3n) is 4.70. The lowest BCUT2D eigenvalue weighted by molar-refractivity contribution is 0.0568. The summed E-state index contributed by atoms with van der Waals surface area (Å²) in [5.41, 5.74) is 1.58. The lowest BCUT2D eigenvalue weighted by Gasteiger charge is -2.37. The molecule has 0 bridgehead atoms. The van der Waals surface area contributed by atoms with Crippen molar-refractivity contribution < 1.29 is 13.8 Å². The van der Waals surface area contributed by atoms with Gasteiger partial charge in [-0.15, -0.1) is 0 Å². The van der Waals surface area contributed by atoms with E-state index in [2.05, 4.69) is 15.3 Å². The van der Waals surface area contributed by atoms with Crippen LogP contribution in [0.4, 0.5) is 0 Å². The van der Waals surface area contributed by atoms with Crippen LogP contribution in [0.5, 0.6) is 0 Å². The number of hydrogen-bond acceptors (Lipinski definition) is 6. The Balaban J connectivity index is 1.53. The second kappa shape index (κ2) is 6.81. The number of benzene rings is 1. The first-order valence-corrected chi connectivity index (χ1v) is 9.17. The van der Waals surface area contributed by atoms with E-state index in [9.17, 15) is 4.79 Å². The highest BCUT2D eigenvalue weighted by Crippen LogP contribution is 2.34. The van der Waals surface area contributed by atoms with Crippen molar-refractivity contribution in [2.24, 2.45) is 0 Å². The first-order chi connectivity index (χ1) is 13.0. The Bertz CT molecular complexity index is 989. The second-order valence-electron chi connectivity index (χ2n) is 6.99. The molecule has 8 heteroatoms. The van der Waals surface area contributed by atoms with E-state index in [0.29, 0.717) is 52.4 Å². The number of carbonyl (C=O) groups excluding carboxylic acids is 1. The molecule has 2 aromatic heterocycles. The van der Waals surface area contributed by atoms with Gasteiger partial charge < -0.3 is 13.9 Å². The maximum atomic E-state index is 13.0. The van der Waals surface area contributed by atoms with Crippen molar-refractivity contribution in [3.8, 4) is 11.3 Å². The highest BCUT2D eigenvalue weighted by atomic mass is 35.5. The molecule has 1 aromatic carbocycles. The van der Waals surface area contributed by atoms with E-state index in [1.807, 2.05) is 32.0 Å². The van der Waals surface area contributed by atoms with Gasteiger partial charge >= 0.3 is 0 Å². The van der Waals surface area contributed by atoms with E-state index < -0.39 is 0 Å². The number of halogens is 1. The van der Waals surface area contributed by atoms with Gasteiger partial charge in [0, 0.05) is 24.6 Å². The van der Waals surface area contributed by atoms with Gasteiger partial charge in [0.1, 0.15) is 17.0 Å². The predicted molar refractivity (Wildman–Crippen MR) is 98.7 cm³/mol. The van der Waals surface area contributed by atoms with Gasteiger partial charge in [-0.1, -0.05) is 54.0 Å². The van der Waals surface area contributed by atoms with Crippen LogP contribution in [0.15, 0.2) is 33.3 Å². The van der Waals surface area contributed by atoms with Gasteiger partial charge in [-0.05, 0) is 13.0 Å². The zero-order valence-corrected chi connectivity index (χ0v) is 16.0. The number of nitrogens with zero attached hydrogens (tertiary/aromatic N) is 4. The third kappa shape index (κ3) is 3.12. The molecule has 1 aliphatic rings. The maximum Gasteiger partial charge on any atom is 0.259 e. The minimum Gasteiger partial charge on any atom is -0.360 e. The van der Waals surface area contributed by atoms with E-state index >= 15 is 0 Å². The molecule has 0 spiro atoms. The van der Waals surface area contributed by atoms with Crippen LogP contribution in [-0.4, -0.2) is 39.2 Å². The van der Waals surface area contributed by atoms with Crippen LogP contribution in [0.1, 0.15) is 53.5 Å². The van der Waals surface area contributed by atoms with Gasteiger partial charge in [0.05, 0.1) is 10.9 Å². The Morgan fingerprint density at radius 3 is 2.63 bits per heavy atom. The van der Waals surface area contributed by atoms with E-state index in [1.54, 1.807) is 17.9 Å². The number of likely N-dealkylation sites (tertiary alicyclic amines) is 1. The van der Waals surface area contributed by atoms with Crippen LogP contribution in [0.3, 0.4) is 0 Å². The van der Waals surface area contributed by atoms with Gasteiger partial charge in [0.15, 0.2) is 5.82 Å². The number of aryl methyl sites for hydroxylation is 1. The van der Waals surface area contributed by atoms with Crippen LogP contribution in [0, 0.1) is 6.92 Å². The average molecular weight is 387 g/mol. The molecule has 3 aromatic rings. The highest BCUT2D eigenvalue weighted by Gasteiger charge is 2.38. The van der Waals surface area contributed by atoms with Crippen LogP contribution in [0.2, 0.25) is 5.02 Å². The predicted octanol–water partition coefficient (Wildman–Crippen LogP) is 4.05. The fraction of sp³-hybridized carbons (Fsp3) is 0.368. The molecule has 0 radical (unpaired) electrons. The third-order valence-corrected chi connectivity index (χ3v) is 5.03. The molecule has 27 heavy (non-hydrogen) atoms. The molecule has 1 aliphatic heterocycles. The van der Waals surface area contributed by atoms with Crippen LogP contribution >= 0.6 is 11.6 Å². The van der Waals surface area contributed by atoms with E-state index in [-0.39, 0.29) is 17.7 Å². The molecule has 0 unspecified atom stereocenters. The molecule has 7 nitrogen and oxygen atoms in total. The summed E-state index contributed by atoms with van der Waals surface area (Å²) < 4.78 is 10.6. The number of aromatic nitrogens is 3. The zero-order chi connectivity index (χ0) is 19.1. The highest BCUT2D eigenvalue weighted by molar-refractivity contribution is 6.33. The second-order valence-corrected chi connectivity index (χ2v) is 7.40. The van der Waals surface area contributed by atoms with E-state index in [1.165, 1.54) is 0 Å². The molecular weight excluding hydrogens is 368 g/mol. The van der Waals surface area contributed by atoms with Gasteiger partial charge in [0.25, 0.3) is 5.91 Å². The molecule has 1 amide bonds. The van der Waals surface area contributed by atoms with Crippen LogP contribution in [0.25, 0.3) is 11.3 Å². The Hall–Kier alpha value is -2.67. The Morgan fingerprint density at radius 1 is 1.22 bits per heavy atom. The number of carbonyl (C=O) groups is 1. The van der Waals surface area contributed by atoms with Crippen molar-refractivity contribution in [1.82, 2.24) is 20.2 Å². The fourth-order valence-electron chi connectivity index (χ4n) is 3.07. The molecule has 4 rings (SSSR count). The Morgan fingerprint density at radius 2 is 1.96 bits per heavy atom. The molecule has 0 aliphatic carbocycles. The van der Waals surface area contributed by atoms with Crippen molar-refractivity contribution in [1.29, 1.82) is 0 Å². The summed E-state index contributed by atoms with van der Waals surface area (Å²) in [5, 5.41) is 8.57. The SMILES string of the molecule is Cc1onc(-c2ccccc2Cl)c1C(=O)N1CC(c2nc(C(C)C)no2)C1. The van der Waals surface area contributed by atoms with Crippen molar-refractivity contribution in [3.63, 3.8) is 0 Å². The van der Waals surface area contributed by atoms with Crippen LogP contribution in [-0.2, 0) is 0 Å². The number of rotatable bonds is 4. The standard InChI is InChI=1S/C19H19ClN4O3/c1-10(2)17-21-18(27-23-17)12-8-24(9-12)19(25)15-11(3)26-22-16(15)13-6-4-5-7-14(13)20/h4-7,10,12H,8-9H2,1-3H3. The lowest BCUT2D eigenvalue weighted by atomic mass is 9.97. The van der Waals surface area contributed by atoms with E-state index in [4.69, 9.17) is 20.6 Å². The van der Waals surface area contributed by atoms with Gasteiger partial charge in [-0.25, -0.2) is 0 Å². The molecule has 1 fully saturated rings. The van der Waals surface area contributed by atoms with Crippen LogP contribution < -0.4 is 0 Å². The van der Waals surface area contributed by atoms with Gasteiger partial charge in [-0.3, -0.25) is 4.79 Å². The fourth-order valence-corrected chi connectivity index (χ4v) is 3.29. The normalized spacial score (nSPS) is 14.6. The molecule has 0 N–H and O–H groups in total. The van der Waals surface area contributed by atoms with Crippen molar-refractivity contribution in [2.45, 2.75) is 32.6 Å². The zero-order valence-electron chi connectivity index (χ0n) is 15.3. The minimum atomic E-state index is -0.136. The largest absolute Gasteiger partial charge is 0.360 e. The quantitative estimate of drug-likeness (QED) is 0.672. The summed E-state index contributed by atoms with van der Waals surface area (Å²) in [6.07, 6.45) is 0. The summed E-state index contributed by atoms with van der Waals surface area (Å²) in [6.45, 7) is 6.79. The summed E-state index contributed by atoms with van der Waals surface area (Å²) in [6, 6.07) is 7.26. The van der Waals surface area contributed by atoms with E-state index in [0.717, 1.165) is 0 Å². The van der Waals surface area contributed by atoms with Crippen molar-refractivity contribution in [3.05, 3.63) is 52.3 Å². The molecular formula is C19H19ClN4O3. The van der Waals surface area contributed by atoms with Crippen molar-refractivity contribution in [2.75, 3.05) is 13.1 Å². The minimum absolute atomic E-state index is 0.0536. The lowest BCUT2D eigenvalue weighted by Crippen LogP contribution is -2.48. The van der Waals surface area contributed by atoms with Gasteiger partial charge in [0.2, 0.25) is 5.89 Å². The monoisotopic (exact) mass is 386 g/mol. The molecule has 3 heterocycles. The maximum absolute atomic E-state index is 13.0. The average Bonchev–Trinajstić information content (AvgIpc) is 3.21. The number of hydrogen-bond donors (Lipinski definition) is 0. The summed E-state index contributed by atoms with van der Waals surface area (Å²) in [4.78, 5) is 19.2. The molecule has 0 atom stereocenters. The number of amides is 1. The topological polar surface area (TPSA) is 85.3 Å². The molecule has 0 saturated carbocycles. The first kappa shape index (κ1) is 17.7. The summed E-state index contributed by atoms with van der Waals surface area (Å²) in [5.74, 6) is 1.86. The molecule has 140 valence electrons. The van der Waals surface area contributed by atoms with Gasteiger partial charge in [-0.2, -0.15) is 4.98 Å². The summed E-state index contributed by atoms with van der Waals surface area (Å²) >= 11 is 6.27. The Kier molecular flexibility index (Phi) is 4.47.